The average Bonchev–Trinajstić information content (AvgIpc) is 2.44. The van der Waals surface area contributed by atoms with Gasteiger partial charge in [0.2, 0.25) is 0 Å². The van der Waals surface area contributed by atoms with E-state index in [0.717, 1.165) is 16.8 Å². The van der Waals surface area contributed by atoms with Gasteiger partial charge in [0.25, 0.3) is 0 Å². The van der Waals surface area contributed by atoms with Crippen LogP contribution >= 0.6 is 0 Å². The van der Waals surface area contributed by atoms with Crippen LogP contribution in [0.4, 0.5) is 0 Å². The maximum Gasteiger partial charge on any atom is 0.151 e. The zero-order chi connectivity index (χ0) is 13.8. The molecule has 0 atom stereocenters. The standard InChI is InChI=1S/C15H14N2O2/c1-10-13(9-18)8-17-11(2)15(10)19-14-5-3-12(7-16)4-6-14/h3-6,8,18H,9H2,1-2H3. The number of pyridine rings is 1. The summed E-state index contributed by atoms with van der Waals surface area (Å²) in [7, 11) is 0. The number of nitrogens with zero attached hydrogens (tertiary/aromatic N) is 2. The normalized spacial score (nSPS) is 10.0. The second-order valence-electron chi connectivity index (χ2n) is 4.22. The topological polar surface area (TPSA) is 66.1 Å². The van der Waals surface area contributed by atoms with Crippen molar-refractivity contribution in [2.24, 2.45) is 0 Å². The lowest BCUT2D eigenvalue weighted by molar-refractivity contribution is 0.279. The van der Waals surface area contributed by atoms with Gasteiger partial charge in [0, 0.05) is 17.3 Å². The van der Waals surface area contributed by atoms with E-state index >= 15 is 0 Å². The van der Waals surface area contributed by atoms with Gasteiger partial charge in [0.1, 0.15) is 5.75 Å². The van der Waals surface area contributed by atoms with Crippen LogP contribution in [0.2, 0.25) is 0 Å². The molecule has 4 heteroatoms. The Morgan fingerprint density at radius 2 is 1.95 bits per heavy atom. The second kappa shape index (κ2) is 5.51. The van der Waals surface area contributed by atoms with Gasteiger partial charge in [0.05, 0.1) is 23.9 Å². The van der Waals surface area contributed by atoms with Crippen LogP contribution in [0.3, 0.4) is 0 Å². The van der Waals surface area contributed by atoms with Gasteiger partial charge < -0.3 is 9.84 Å². The minimum absolute atomic E-state index is 0.0666. The third-order valence-corrected chi connectivity index (χ3v) is 2.94. The number of rotatable bonds is 3. The van der Waals surface area contributed by atoms with E-state index in [-0.39, 0.29) is 6.61 Å². The molecule has 1 aromatic carbocycles. The first-order chi connectivity index (χ1) is 9.15. The third-order valence-electron chi connectivity index (χ3n) is 2.94. The number of hydrogen-bond donors (Lipinski definition) is 1. The molecule has 0 amide bonds. The van der Waals surface area contributed by atoms with Gasteiger partial charge in [-0.2, -0.15) is 5.26 Å². The molecule has 0 bridgehead atoms. The van der Waals surface area contributed by atoms with E-state index < -0.39 is 0 Å². The van der Waals surface area contributed by atoms with Gasteiger partial charge in [-0.15, -0.1) is 0 Å². The predicted octanol–water partition coefficient (Wildman–Crippen LogP) is 2.85. The smallest absolute Gasteiger partial charge is 0.151 e. The number of aromatic nitrogens is 1. The molecule has 1 N–H and O–H groups in total. The highest BCUT2D eigenvalue weighted by atomic mass is 16.5. The second-order valence-corrected chi connectivity index (χ2v) is 4.22. The molecule has 0 saturated heterocycles. The fourth-order valence-electron chi connectivity index (χ4n) is 1.77. The summed E-state index contributed by atoms with van der Waals surface area (Å²) in [6.07, 6.45) is 1.65. The Kier molecular flexibility index (Phi) is 3.79. The number of aliphatic hydroxyl groups is 1. The van der Waals surface area contributed by atoms with E-state index in [9.17, 15) is 5.11 Å². The van der Waals surface area contributed by atoms with E-state index in [0.29, 0.717) is 17.1 Å². The molecule has 96 valence electrons. The minimum atomic E-state index is -0.0666. The van der Waals surface area contributed by atoms with E-state index in [1.54, 1.807) is 30.5 Å². The Balaban J connectivity index is 2.34. The molecule has 0 aliphatic heterocycles. The maximum absolute atomic E-state index is 9.24. The van der Waals surface area contributed by atoms with Crippen LogP contribution in [0.5, 0.6) is 11.5 Å². The van der Waals surface area contributed by atoms with Gasteiger partial charge in [-0.05, 0) is 38.1 Å². The summed E-state index contributed by atoms with van der Waals surface area (Å²) in [5.41, 5.74) is 2.97. The van der Waals surface area contributed by atoms with E-state index in [1.165, 1.54) is 0 Å². The van der Waals surface area contributed by atoms with Crippen LogP contribution in [0.15, 0.2) is 30.5 Å². The van der Waals surface area contributed by atoms with Gasteiger partial charge in [-0.1, -0.05) is 0 Å². The van der Waals surface area contributed by atoms with Gasteiger partial charge >= 0.3 is 0 Å². The molecule has 0 saturated carbocycles. The van der Waals surface area contributed by atoms with Crippen molar-refractivity contribution in [1.82, 2.24) is 4.98 Å². The first-order valence-electron chi connectivity index (χ1n) is 5.89. The summed E-state index contributed by atoms with van der Waals surface area (Å²) in [5, 5.41) is 18.0. The average molecular weight is 254 g/mol. The van der Waals surface area contributed by atoms with Crippen molar-refractivity contribution in [3.8, 4) is 17.6 Å². The van der Waals surface area contributed by atoms with Crippen LogP contribution in [-0.2, 0) is 6.61 Å². The summed E-state index contributed by atoms with van der Waals surface area (Å²) < 4.78 is 5.80. The summed E-state index contributed by atoms with van der Waals surface area (Å²) in [6.45, 7) is 3.68. The number of ether oxygens (including phenoxy) is 1. The zero-order valence-electron chi connectivity index (χ0n) is 10.8. The Labute approximate surface area is 111 Å². The van der Waals surface area contributed by atoms with Crippen LogP contribution < -0.4 is 4.74 Å². The molecule has 0 radical (unpaired) electrons. The summed E-state index contributed by atoms with van der Waals surface area (Å²) >= 11 is 0. The lowest BCUT2D eigenvalue weighted by Gasteiger charge is -2.13. The van der Waals surface area contributed by atoms with Crippen LogP contribution in [0, 0.1) is 25.2 Å². The largest absolute Gasteiger partial charge is 0.455 e. The molecule has 1 heterocycles. The first-order valence-corrected chi connectivity index (χ1v) is 5.89. The molecule has 0 spiro atoms. The molecule has 0 unspecified atom stereocenters. The highest BCUT2D eigenvalue weighted by molar-refractivity contribution is 5.44. The molecule has 2 rings (SSSR count). The predicted molar refractivity (Wildman–Crippen MR) is 70.9 cm³/mol. The molecule has 4 nitrogen and oxygen atoms in total. The number of benzene rings is 1. The quantitative estimate of drug-likeness (QED) is 0.914. The summed E-state index contributed by atoms with van der Waals surface area (Å²) in [4.78, 5) is 4.20. The molecule has 0 aliphatic carbocycles. The Bertz CT molecular complexity index is 628. The number of nitriles is 1. The maximum atomic E-state index is 9.24. The molecule has 19 heavy (non-hydrogen) atoms. The summed E-state index contributed by atoms with van der Waals surface area (Å²) in [6, 6.07) is 8.93. The van der Waals surface area contributed by atoms with Gasteiger partial charge in [-0.3, -0.25) is 4.98 Å². The number of aliphatic hydroxyl groups excluding tert-OH is 1. The highest BCUT2D eigenvalue weighted by Gasteiger charge is 2.10. The van der Waals surface area contributed by atoms with E-state index in [2.05, 4.69) is 11.1 Å². The van der Waals surface area contributed by atoms with Crippen LogP contribution in [0.1, 0.15) is 22.4 Å². The van der Waals surface area contributed by atoms with Crippen molar-refractivity contribution in [2.45, 2.75) is 20.5 Å². The highest BCUT2D eigenvalue weighted by Crippen LogP contribution is 2.29. The molecular weight excluding hydrogens is 240 g/mol. The van der Waals surface area contributed by atoms with Crippen molar-refractivity contribution >= 4 is 0 Å². The van der Waals surface area contributed by atoms with Crippen molar-refractivity contribution in [3.05, 3.63) is 52.8 Å². The lowest BCUT2D eigenvalue weighted by Crippen LogP contribution is -1.98. The first kappa shape index (κ1) is 13.1. The van der Waals surface area contributed by atoms with Crippen molar-refractivity contribution in [1.29, 1.82) is 5.26 Å². The van der Waals surface area contributed by atoms with Gasteiger partial charge in [-0.25, -0.2) is 0 Å². The minimum Gasteiger partial charge on any atom is -0.455 e. The number of aryl methyl sites for hydroxylation is 1. The Morgan fingerprint density at radius 3 is 2.53 bits per heavy atom. The molecular formula is C15H14N2O2. The van der Waals surface area contributed by atoms with Crippen molar-refractivity contribution in [3.63, 3.8) is 0 Å². The summed E-state index contributed by atoms with van der Waals surface area (Å²) in [5.74, 6) is 1.29. The lowest BCUT2D eigenvalue weighted by atomic mass is 10.1. The van der Waals surface area contributed by atoms with E-state index in [1.807, 2.05) is 13.8 Å². The fourth-order valence-corrected chi connectivity index (χ4v) is 1.77. The number of hydrogen-bond acceptors (Lipinski definition) is 4. The molecule has 0 aliphatic rings. The fraction of sp³-hybridized carbons (Fsp3) is 0.200. The molecule has 1 aromatic heterocycles. The molecule has 2 aromatic rings. The van der Waals surface area contributed by atoms with E-state index in [4.69, 9.17) is 10.00 Å². The zero-order valence-corrected chi connectivity index (χ0v) is 10.8. The van der Waals surface area contributed by atoms with Crippen LogP contribution in [0.25, 0.3) is 0 Å². The van der Waals surface area contributed by atoms with Crippen molar-refractivity contribution < 1.29 is 9.84 Å². The monoisotopic (exact) mass is 254 g/mol. The van der Waals surface area contributed by atoms with Crippen LogP contribution in [-0.4, -0.2) is 10.1 Å². The SMILES string of the molecule is Cc1ncc(CO)c(C)c1Oc1ccc(C#N)cc1. The van der Waals surface area contributed by atoms with Crippen molar-refractivity contribution in [2.75, 3.05) is 0 Å². The Morgan fingerprint density at radius 1 is 1.26 bits per heavy atom. The Hall–Kier alpha value is -2.38. The molecule has 0 fully saturated rings. The third kappa shape index (κ3) is 2.72. The van der Waals surface area contributed by atoms with Gasteiger partial charge in [0.15, 0.2) is 5.75 Å².